The summed E-state index contributed by atoms with van der Waals surface area (Å²) in [4.78, 5) is 15.9. The van der Waals surface area contributed by atoms with Gasteiger partial charge in [-0.2, -0.15) is 0 Å². The monoisotopic (exact) mass is 340 g/mol. The molecule has 0 aliphatic carbocycles. The molecule has 2 rings (SSSR count). The predicted octanol–water partition coefficient (Wildman–Crippen LogP) is 3.76. The second-order valence-corrected chi connectivity index (χ2v) is 5.22. The molecule has 0 saturated carbocycles. The minimum atomic E-state index is -0.387. The fourth-order valence-electron chi connectivity index (χ4n) is 1.47. The van der Waals surface area contributed by atoms with E-state index in [1.165, 1.54) is 12.3 Å². The Hall–Kier alpha value is -1.59. The zero-order valence-corrected chi connectivity index (χ0v) is 12.3. The van der Waals surface area contributed by atoms with Crippen LogP contribution in [0.4, 0.5) is 5.69 Å². The molecule has 2 N–H and O–H groups in total. The second-order valence-electron chi connectivity index (χ2n) is 3.95. The van der Waals surface area contributed by atoms with Crippen molar-refractivity contribution < 1.29 is 9.90 Å². The number of aromatic nitrogens is 1. The molecule has 2 aromatic rings. The minimum Gasteiger partial charge on any atom is -0.508 e. The number of nitrogens with one attached hydrogen (secondary N) is 1. The van der Waals surface area contributed by atoms with E-state index in [-0.39, 0.29) is 22.4 Å². The SMILES string of the molecule is Cc1ccc(NC(=O)c2cc(Br)cnc2Cl)cc1O. The average Bonchev–Trinajstić information content (AvgIpc) is 2.36. The summed E-state index contributed by atoms with van der Waals surface area (Å²) in [5, 5.41) is 12.4. The van der Waals surface area contributed by atoms with Gasteiger partial charge in [0.25, 0.3) is 5.91 Å². The van der Waals surface area contributed by atoms with E-state index in [0.717, 1.165) is 5.56 Å². The molecule has 1 amide bonds. The van der Waals surface area contributed by atoms with Crippen LogP contribution in [0.2, 0.25) is 5.15 Å². The van der Waals surface area contributed by atoms with Gasteiger partial charge in [-0.05, 0) is 40.5 Å². The van der Waals surface area contributed by atoms with Crippen LogP contribution in [-0.4, -0.2) is 16.0 Å². The summed E-state index contributed by atoms with van der Waals surface area (Å²) in [6.07, 6.45) is 1.51. The molecule has 1 heterocycles. The van der Waals surface area contributed by atoms with Crippen molar-refractivity contribution in [1.29, 1.82) is 0 Å². The number of phenols is 1. The first kappa shape index (κ1) is 13.8. The van der Waals surface area contributed by atoms with Crippen molar-refractivity contribution in [2.24, 2.45) is 0 Å². The third-order valence-corrected chi connectivity index (χ3v) is 3.25. The number of aromatic hydroxyl groups is 1. The van der Waals surface area contributed by atoms with E-state index >= 15 is 0 Å². The second kappa shape index (κ2) is 5.59. The van der Waals surface area contributed by atoms with E-state index in [2.05, 4.69) is 26.2 Å². The molecule has 6 heteroatoms. The summed E-state index contributed by atoms with van der Waals surface area (Å²) in [7, 11) is 0. The Morgan fingerprint density at radius 1 is 1.42 bits per heavy atom. The van der Waals surface area contributed by atoms with Crippen LogP contribution in [0.3, 0.4) is 0 Å². The van der Waals surface area contributed by atoms with Crippen LogP contribution in [-0.2, 0) is 0 Å². The van der Waals surface area contributed by atoms with Crippen molar-refractivity contribution in [3.05, 3.63) is 51.2 Å². The van der Waals surface area contributed by atoms with Crippen LogP contribution in [0, 0.1) is 6.92 Å². The first-order valence-corrected chi connectivity index (χ1v) is 6.56. The number of amides is 1. The van der Waals surface area contributed by atoms with E-state index in [1.54, 1.807) is 25.1 Å². The van der Waals surface area contributed by atoms with Gasteiger partial charge in [-0.3, -0.25) is 4.79 Å². The number of phenolic OH excluding ortho intramolecular Hbond substituents is 1. The molecule has 0 bridgehead atoms. The van der Waals surface area contributed by atoms with Gasteiger partial charge < -0.3 is 10.4 Å². The number of rotatable bonds is 2. The van der Waals surface area contributed by atoms with E-state index in [4.69, 9.17) is 11.6 Å². The highest BCUT2D eigenvalue weighted by molar-refractivity contribution is 9.10. The number of benzene rings is 1. The number of aryl methyl sites for hydroxylation is 1. The predicted molar refractivity (Wildman–Crippen MR) is 77.7 cm³/mol. The maximum atomic E-state index is 12.0. The van der Waals surface area contributed by atoms with Crippen LogP contribution in [0.5, 0.6) is 5.75 Å². The fourth-order valence-corrected chi connectivity index (χ4v) is 1.99. The molecular formula is C13H10BrClN2O2. The summed E-state index contributed by atoms with van der Waals surface area (Å²) in [5.74, 6) is -0.265. The van der Waals surface area contributed by atoms with Gasteiger partial charge in [-0.25, -0.2) is 4.98 Å². The Morgan fingerprint density at radius 3 is 2.84 bits per heavy atom. The molecular weight excluding hydrogens is 332 g/mol. The zero-order chi connectivity index (χ0) is 14.0. The van der Waals surface area contributed by atoms with E-state index in [9.17, 15) is 9.90 Å². The minimum absolute atomic E-state index is 0.122. The Balaban J connectivity index is 2.25. The summed E-state index contributed by atoms with van der Waals surface area (Å²) in [5.41, 5.74) is 1.49. The summed E-state index contributed by atoms with van der Waals surface area (Å²) in [6, 6.07) is 6.48. The van der Waals surface area contributed by atoms with Gasteiger partial charge in [0.2, 0.25) is 0 Å². The first-order valence-electron chi connectivity index (χ1n) is 5.39. The number of carbonyl (C=O) groups is 1. The van der Waals surface area contributed by atoms with Gasteiger partial charge in [0.15, 0.2) is 0 Å². The third kappa shape index (κ3) is 3.24. The molecule has 0 spiro atoms. The molecule has 0 fully saturated rings. The van der Waals surface area contributed by atoms with Crippen molar-refractivity contribution in [1.82, 2.24) is 4.98 Å². The maximum absolute atomic E-state index is 12.0. The smallest absolute Gasteiger partial charge is 0.258 e. The van der Waals surface area contributed by atoms with Crippen molar-refractivity contribution in [2.75, 3.05) is 5.32 Å². The molecule has 19 heavy (non-hydrogen) atoms. The topological polar surface area (TPSA) is 62.2 Å². The fraction of sp³-hybridized carbons (Fsp3) is 0.0769. The van der Waals surface area contributed by atoms with Crippen molar-refractivity contribution in [2.45, 2.75) is 6.92 Å². The van der Waals surface area contributed by atoms with Crippen molar-refractivity contribution >= 4 is 39.1 Å². The van der Waals surface area contributed by atoms with E-state index in [0.29, 0.717) is 10.2 Å². The highest BCUT2D eigenvalue weighted by atomic mass is 79.9. The number of hydrogen-bond acceptors (Lipinski definition) is 3. The number of pyridine rings is 1. The normalized spacial score (nSPS) is 10.3. The standard InChI is InChI=1S/C13H10BrClN2O2/c1-7-2-3-9(5-11(7)18)17-13(19)10-4-8(14)6-16-12(10)15/h2-6,18H,1H3,(H,17,19). The molecule has 0 aliphatic rings. The number of nitrogens with zero attached hydrogens (tertiary/aromatic N) is 1. The lowest BCUT2D eigenvalue weighted by molar-refractivity contribution is 0.102. The molecule has 0 saturated heterocycles. The van der Waals surface area contributed by atoms with Gasteiger partial charge in [0.05, 0.1) is 5.56 Å². The Labute approximate surface area is 123 Å². The Kier molecular flexibility index (Phi) is 4.07. The zero-order valence-electron chi connectivity index (χ0n) is 9.95. The van der Waals surface area contributed by atoms with Crippen LogP contribution >= 0.6 is 27.5 Å². The summed E-state index contributed by atoms with van der Waals surface area (Å²) >= 11 is 9.10. The van der Waals surface area contributed by atoms with E-state index in [1.807, 2.05) is 0 Å². The molecule has 0 atom stereocenters. The molecule has 1 aromatic carbocycles. The van der Waals surface area contributed by atoms with Crippen LogP contribution in [0.1, 0.15) is 15.9 Å². The van der Waals surface area contributed by atoms with Crippen LogP contribution < -0.4 is 5.32 Å². The molecule has 98 valence electrons. The third-order valence-electron chi connectivity index (χ3n) is 2.52. The number of halogens is 2. The van der Waals surface area contributed by atoms with Gasteiger partial charge in [-0.15, -0.1) is 0 Å². The van der Waals surface area contributed by atoms with Crippen LogP contribution in [0.15, 0.2) is 34.9 Å². The van der Waals surface area contributed by atoms with Gasteiger partial charge in [0.1, 0.15) is 10.9 Å². The number of anilines is 1. The van der Waals surface area contributed by atoms with Crippen LogP contribution in [0.25, 0.3) is 0 Å². The molecule has 0 aliphatic heterocycles. The lowest BCUT2D eigenvalue weighted by atomic mass is 10.2. The summed E-state index contributed by atoms with van der Waals surface area (Å²) < 4.78 is 0.661. The Bertz CT molecular complexity index is 647. The average molecular weight is 342 g/mol. The largest absolute Gasteiger partial charge is 0.508 e. The van der Waals surface area contributed by atoms with Gasteiger partial charge >= 0.3 is 0 Å². The highest BCUT2D eigenvalue weighted by Crippen LogP contribution is 2.23. The first-order chi connectivity index (χ1) is 8.97. The van der Waals surface area contributed by atoms with Crippen molar-refractivity contribution in [3.63, 3.8) is 0 Å². The van der Waals surface area contributed by atoms with Gasteiger partial charge in [0, 0.05) is 22.4 Å². The van der Waals surface area contributed by atoms with Gasteiger partial charge in [-0.1, -0.05) is 17.7 Å². The Morgan fingerprint density at radius 2 is 2.16 bits per heavy atom. The van der Waals surface area contributed by atoms with E-state index < -0.39 is 0 Å². The molecule has 4 nitrogen and oxygen atoms in total. The molecule has 0 unspecified atom stereocenters. The molecule has 0 radical (unpaired) electrons. The summed E-state index contributed by atoms with van der Waals surface area (Å²) in [6.45, 7) is 1.77. The lowest BCUT2D eigenvalue weighted by Crippen LogP contribution is -2.13. The highest BCUT2D eigenvalue weighted by Gasteiger charge is 2.12. The lowest BCUT2D eigenvalue weighted by Gasteiger charge is -2.08. The number of carbonyl (C=O) groups excluding carboxylic acids is 1. The number of hydrogen-bond donors (Lipinski definition) is 2. The van der Waals surface area contributed by atoms with Crippen molar-refractivity contribution in [3.8, 4) is 5.75 Å². The molecule has 1 aromatic heterocycles. The maximum Gasteiger partial charge on any atom is 0.258 e. The quantitative estimate of drug-likeness (QED) is 0.818.